The summed E-state index contributed by atoms with van der Waals surface area (Å²) in [5, 5.41) is 11.4. The highest BCUT2D eigenvalue weighted by atomic mass is 35.5. The fourth-order valence-electron chi connectivity index (χ4n) is 2.34. The Kier molecular flexibility index (Phi) is 7.37. The number of Topliss-reactive ketones (excluding diaryl/α,β-unsaturated/α-hetero) is 1. The van der Waals surface area contributed by atoms with Crippen molar-refractivity contribution in [1.82, 2.24) is 0 Å². The lowest BCUT2D eigenvalue weighted by atomic mass is 10.2. The van der Waals surface area contributed by atoms with Crippen molar-refractivity contribution in [2.75, 3.05) is 19.5 Å². The maximum atomic E-state index is 12.7. The zero-order chi connectivity index (χ0) is 20.8. The quantitative estimate of drug-likeness (QED) is 0.501. The maximum Gasteiger partial charge on any atom is 0.259 e. The normalized spacial score (nSPS) is 11.9. The lowest BCUT2D eigenvalue weighted by Crippen LogP contribution is -2.32. The van der Waals surface area contributed by atoms with Gasteiger partial charge in [-0.3, -0.25) is 9.59 Å². The third-order valence-corrected chi connectivity index (χ3v) is 4.50. The van der Waals surface area contributed by atoms with Crippen molar-refractivity contribution in [1.29, 1.82) is 0 Å². The van der Waals surface area contributed by atoms with Gasteiger partial charge < -0.3 is 14.8 Å². The highest BCUT2D eigenvalue weighted by Crippen LogP contribution is 2.38. The van der Waals surface area contributed by atoms with Crippen molar-refractivity contribution in [3.8, 4) is 11.5 Å². The van der Waals surface area contributed by atoms with E-state index in [0.29, 0.717) is 21.3 Å². The first-order valence-corrected chi connectivity index (χ1v) is 8.92. The number of amides is 1. The summed E-state index contributed by atoms with van der Waals surface area (Å²) < 4.78 is 10.5. The number of halogens is 2. The molecule has 0 aliphatic carbocycles. The number of rotatable bonds is 7. The molecule has 9 heteroatoms. The summed E-state index contributed by atoms with van der Waals surface area (Å²) in [6, 6.07) is 6.77. The van der Waals surface area contributed by atoms with Gasteiger partial charge in [0, 0.05) is 22.2 Å². The number of ether oxygens (including phenoxy) is 2. The first-order chi connectivity index (χ1) is 13.3. The molecule has 1 N–H and O–H groups in total. The Balaban J connectivity index is 2.33. The zero-order valence-electron chi connectivity index (χ0n) is 15.7. The van der Waals surface area contributed by atoms with Crippen LogP contribution in [0.25, 0.3) is 0 Å². The predicted octanol–water partition coefficient (Wildman–Crippen LogP) is 5.00. The minimum atomic E-state index is -1.36. The van der Waals surface area contributed by atoms with Gasteiger partial charge in [-0.25, -0.2) is 0 Å². The smallest absolute Gasteiger partial charge is 0.259 e. The molecule has 1 amide bonds. The van der Waals surface area contributed by atoms with E-state index in [0.717, 1.165) is 0 Å². The number of hydrogen-bond acceptors (Lipinski definition) is 6. The van der Waals surface area contributed by atoms with Crippen molar-refractivity contribution in [3.63, 3.8) is 0 Å². The molecule has 0 aliphatic heterocycles. The molecule has 0 heterocycles. The summed E-state index contributed by atoms with van der Waals surface area (Å²) in [5.41, 5.74) is 1.39. The topological polar surface area (TPSA) is 89.3 Å². The standard InChI is InChI=1S/C19H19Cl2N3O4/c1-10-13(21)6-5-7-14(10)23-24-17(11(2)25)19(26)22-18-15(27-3)8-12(20)9-16(18)28-4/h5-9,17H,1-4H3,(H,22,26). The average Bonchev–Trinajstić information content (AvgIpc) is 2.65. The first kappa shape index (κ1) is 21.7. The Morgan fingerprint density at radius 3 is 2.25 bits per heavy atom. The minimum Gasteiger partial charge on any atom is -0.494 e. The summed E-state index contributed by atoms with van der Waals surface area (Å²) in [4.78, 5) is 24.7. The van der Waals surface area contributed by atoms with Crippen LogP contribution in [0.1, 0.15) is 12.5 Å². The van der Waals surface area contributed by atoms with Gasteiger partial charge in [-0.15, -0.1) is 0 Å². The summed E-state index contributed by atoms with van der Waals surface area (Å²) in [7, 11) is 2.84. The second-order valence-electron chi connectivity index (χ2n) is 5.79. The van der Waals surface area contributed by atoms with Crippen LogP contribution in [0.3, 0.4) is 0 Å². The van der Waals surface area contributed by atoms with E-state index in [1.54, 1.807) is 25.1 Å². The molecule has 1 atom stereocenters. The van der Waals surface area contributed by atoms with Crippen LogP contribution in [-0.2, 0) is 9.59 Å². The van der Waals surface area contributed by atoms with Crippen molar-refractivity contribution in [2.45, 2.75) is 19.9 Å². The van der Waals surface area contributed by atoms with Gasteiger partial charge >= 0.3 is 0 Å². The van der Waals surface area contributed by atoms with E-state index in [4.69, 9.17) is 32.7 Å². The Morgan fingerprint density at radius 2 is 1.71 bits per heavy atom. The summed E-state index contributed by atoms with van der Waals surface area (Å²) in [5.74, 6) is -0.604. The Labute approximate surface area is 172 Å². The van der Waals surface area contributed by atoms with Gasteiger partial charge in [-0.1, -0.05) is 29.3 Å². The third kappa shape index (κ3) is 4.99. The van der Waals surface area contributed by atoms with Crippen LogP contribution in [0.4, 0.5) is 11.4 Å². The summed E-state index contributed by atoms with van der Waals surface area (Å²) in [6.45, 7) is 3.02. The van der Waals surface area contributed by atoms with Crippen molar-refractivity contribution in [2.24, 2.45) is 10.2 Å². The second kappa shape index (κ2) is 9.52. The van der Waals surface area contributed by atoms with Crippen LogP contribution in [0.2, 0.25) is 10.0 Å². The van der Waals surface area contributed by atoms with E-state index in [-0.39, 0.29) is 17.2 Å². The fraction of sp³-hybridized carbons (Fsp3) is 0.263. The molecule has 7 nitrogen and oxygen atoms in total. The number of benzene rings is 2. The van der Waals surface area contributed by atoms with E-state index in [2.05, 4.69) is 15.5 Å². The SMILES string of the molecule is COc1cc(Cl)cc(OC)c1NC(=O)C(N=Nc1cccc(Cl)c1C)C(C)=O. The second-order valence-corrected chi connectivity index (χ2v) is 6.63. The molecule has 0 saturated carbocycles. The van der Waals surface area contributed by atoms with Crippen LogP contribution >= 0.6 is 23.2 Å². The number of ketones is 1. The van der Waals surface area contributed by atoms with Gasteiger partial charge in [-0.05, 0) is 31.5 Å². The van der Waals surface area contributed by atoms with E-state index >= 15 is 0 Å². The molecule has 0 saturated heterocycles. The molecule has 0 fully saturated rings. The van der Waals surface area contributed by atoms with Gasteiger partial charge in [0.05, 0.1) is 19.9 Å². The molecule has 28 heavy (non-hydrogen) atoms. The van der Waals surface area contributed by atoms with Crippen LogP contribution < -0.4 is 14.8 Å². The van der Waals surface area contributed by atoms with Crippen LogP contribution in [-0.4, -0.2) is 32.0 Å². The lowest BCUT2D eigenvalue weighted by molar-refractivity contribution is -0.126. The summed E-state index contributed by atoms with van der Waals surface area (Å²) >= 11 is 12.1. The maximum absolute atomic E-state index is 12.7. The van der Waals surface area contributed by atoms with Gasteiger partial charge in [0.2, 0.25) is 6.04 Å². The minimum absolute atomic E-state index is 0.236. The number of anilines is 1. The number of carbonyl (C=O) groups excluding carboxylic acids is 2. The van der Waals surface area contributed by atoms with Crippen molar-refractivity contribution < 1.29 is 19.1 Å². The molecule has 0 aliphatic rings. The molecule has 2 aromatic rings. The number of methoxy groups -OCH3 is 2. The monoisotopic (exact) mass is 423 g/mol. The molecular weight excluding hydrogens is 405 g/mol. The number of nitrogens with zero attached hydrogens (tertiary/aromatic N) is 2. The van der Waals surface area contributed by atoms with E-state index in [1.165, 1.54) is 33.3 Å². The van der Waals surface area contributed by atoms with Gasteiger partial charge in [0.25, 0.3) is 5.91 Å². The van der Waals surface area contributed by atoms with Gasteiger partial charge in [0.15, 0.2) is 5.78 Å². The Bertz CT molecular complexity index is 906. The molecule has 0 bridgehead atoms. The molecule has 0 radical (unpaired) electrons. The molecular formula is C19H19Cl2N3O4. The predicted molar refractivity (Wildman–Crippen MR) is 108 cm³/mol. The molecule has 2 rings (SSSR count). The van der Waals surface area contributed by atoms with E-state index in [1.807, 2.05) is 0 Å². The molecule has 0 aromatic heterocycles. The van der Waals surface area contributed by atoms with Crippen LogP contribution in [0.5, 0.6) is 11.5 Å². The number of carbonyl (C=O) groups is 2. The van der Waals surface area contributed by atoms with E-state index in [9.17, 15) is 9.59 Å². The highest BCUT2D eigenvalue weighted by molar-refractivity contribution is 6.31. The Hall–Kier alpha value is -2.64. The van der Waals surface area contributed by atoms with Gasteiger partial charge in [0.1, 0.15) is 17.2 Å². The first-order valence-electron chi connectivity index (χ1n) is 8.17. The summed E-state index contributed by atoms with van der Waals surface area (Å²) in [6.07, 6.45) is 0. The van der Waals surface area contributed by atoms with Crippen molar-refractivity contribution >= 4 is 46.3 Å². The molecule has 2 aromatic carbocycles. The van der Waals surface area contributed by atoms with Crippen molar-refractivity contribution in [3.05, 3.63) is 45.9 Å². The Morgan fingerprint density at radius 1 is 1.11 bits per heavy atom. The van der Waals surface area contributed by atoms with Crippen LogP contribution in [0.15, 0.2) is 40.6 Å². The molecule has 0 spiro atoms. The fourth-order valence-corrected chi connectivity index (χ4v) is 2.71. The van der Waals surface area contributed by atoms with Gasteiger partial charge in [-0.2, -0.15) is 10.2 Å². The number of hydrogen-bond donors (Lipinski definition) is 1. The molecule has 148 valence electrons. The zero-order valence-corrected chi connectivity index (χ0v) is 17.3. The largest absolute Gasteiger partial charge is 0.494 e. The molecule has 1 unspecified atom stereocenters. The van der Waals surface area contributed by atoms with Crippen LogP contribution in [0, 0.1) is 6.92 Å². The average molecular weight is 424 g/mol. The number of azo groups is 1. The number of nitrogens with one attached hydrogen (secondary N) is 1. The van der Waals surface area contributed by atoms with E-state index < -0.39 is 17.7 Å². The third-order valence-electron chi connectivity index (χ3n) is 3.87. The highest BCUT2D eigenvalue weighted by Gasteiger charge is 2.26. The lowest BCUT2D eigenvalue weighted by Gasteiger charge is -2.16.